The standard InChI is InChI=1S/C13H21NO/c1-12(2,3)11-9-10(7-8-14-11)15-13(4,5)6/h7-9H,1-6H3. The number of aromatic nitrogens is 1. The molecule has 0 bridgehead atoms. The van der Waals surface area contributed by atoms with Gasteiger partial charge in [0.2, 0.25) is 0 Å². The van der Waals surface area contributed by atoms with Crippen molar-refractivity contribution < 1.29 is 4.74 Å². The summed E-state index contributed by atoms with van der Waals surface area (Å²) in [5, 5.41) is 0. The lowest BCUT2D eigenvalue weighted by Gasteiger charge is -2.23. The van der Waals surface area contributed by atoms with Gasteiger partial charge in [-0.15, -0.1) is 0 Å². The molecule has 0 atom stereocenters. The molecule has 0 radical (unpaired) electrons. The van der Waals surface area contributed by atoms with Gasteiger partial charge < -0.3 is 4.74 Å². The average Bonchev–Trinajstić information content (AvgIpc) is 1.99. The van der Waals surface area contributed by atoms with Crippen molar-refractivity contribution in [1.82, 2.24) is 4.98 Å². The first-order valence-corrected chi connectivity index (χ1v) is 5.34. The maximum atomic E-state index is 5.80. The second-order valence-corrected chi connectivity index (χ2v) is 5.84. The van der Waals surface area contributed by atoms with E-state index in [-0.39, 0.29) is 11.0 Å². The third-order valence-electron chi connectivity index (χ3n) is 1.92. The first-order valence-electron chi connectivity index (χ1n) is 5.34. The van der Waals surface area contributed by atoms with Gasteiger partial charge in [0, 0.05) is 23.4 Å². The van der Waals surface area contributed by atoms with Gasteiger partial charge in [-0.1, -0.05) is 20.8 Å². The van der Waals surface area contributed by atoms with E-state index in [1.807, 2.05) is 39.1 Å². The van der Waals surface area contributed by atoms with Crippen molar-refractivity contribution in [3.8, 4) is 5.75 Å². The molecule has 1 heterocycles. The van der Waals surface area contributed by atoms with E-state index in [1.54, 1.807) is 0 Å². The molecule has 0 aliphatic heterocycles. The van der Waals surface area contributed by atoms with Crippen LogP contribution in [0.3, 0.4) is 0 Å². The van der Waals surface area contributed by atoms with Gasteiger partial charge in [-0.2, -0.15) is 0 Å². The Kier molecular flexibility index (Phi) is 3.08. The van der Waals surface area contributed by atoms with E-state index in [1.165, 1.54) is 0 Å². The number of rotatable bonds is 1. The van der Waals surface area contributed by atoms with E-state index in [4.69, 9.17) is 4.74 Å². The van der Waals surface area contributed by atoms with Gasteiger partial charge in [-0.3, -0.25) is 4.98 Å². The number of nitrogens with zero attached hydrogens (tertiary/aromatic N) is 1. The molecule has 1 aromatic rings. The minimum atomic E-state index is -0.156. The molecule has 2 nitrogen and oxygen atoms in total. The monoisotopic (exact) mass is 207 g/mol. The zero-order valence-electron chi connectivity index (χ0n) is 10.6. The Morgan fingerprint density at radius 3 is 2.13 bits per heavy atom. The molecule has 0 N–H and O–H groups in total. The Balaban J connectivity index is 2.94. The van der Waals surface area contributed by atoms with Crippen molar-refractivity contribution in [2.45, 2.75) is 52.6 Å². The summed E-state index contributed by atoms with van der Waals surface area (Å²) in [7, 11) is 0. The largest absolute Gasteiger partial charge is 0.488 e. The van der Waals surface area contributed by atoms with Crippen LogP contribution in [-0.2, 0) is 5.41 Å². The maximum absolute atomic E-state index is 5.80. The first-order chi connectivity index (χ1) is 6.68. The molecule has 0 aliphatic rings. The second kappa shape index (κ2) is 3.84. The van der Waals surface area contributed by atoms with Crippen LogP contribution in [0.1, 0.15) is 47.2 Å². The van der Waals surface area contributed by atoms with Crippen molar-refractivity contribution in [2.75, 3.05) is 0 Å². The Hall–Kier alpha value is -1.05. The molecule has 1 rings (SSSR count). The molecule has 0 saturated heterocycles. The summed E-state index contributed by atoms with van der Waals surface area (Å²) in [6, 6.07) is 3.92. The fourth-order valence-electron chi connectivity index (χ4n) is 1.24. The van der Waals surface area contributed by atoms with E-state index in [0.717, 1.165) is 11.4 Å². The fraction of sp³-hybridized carbons (Fsp3) is 0.615. The SMILES string of the molecule is CC(C)(C)Oc1ccnc(C(C)(C)C)c1. The maximum Gasteiger partial charge on any atom is 0.123 e. The van der Waals surface area contributed by atoms with Gasteiger partial charge in [0.1, 0.15) is 11.4 Å². The van der Waals surface area contributed by atoms with Crippen LogP contribution >= 0.6 is 0 Å². The van der Waals surface area contributed by atoms with E-state index < -0.39 is 0 Å². The summed E-state index contributed by atoms with van der Waals surface area (Å²) in [6.45, 7) is 12.6. The Bertz CT molecular complexity index is 331. The molecular weight excluding hydrogens is 186 g/mol. The van der Waals surface area contributed by atoms with Gasteiger partial charge in [0.25, 0.3) is 0 Å². The third-order valence-corrected chi connectivity index (χ3v) is 1.92. The lowest BCUT2D eigenvalue weighted by molar-refractivity contribution is 0.130. The average molecular weight is 207 g/mol. The van der Waals surface area contributed by atoms with Crippen molar-refractivity contribution >= 4 is 0 Å². The second-order valence-electron chi connectivity index (χ2n) is 5.84. The summed E-state index contributed by atoms with van der Waals surface area (Å²) in [5.41, 5.74) is 0.970. The van der Waals surface area contributed by atoms with Crippen LogP contribution in [0.25, 0.3) is 0 Å². The number of ether oxygens (including phenoxy) is 1. The third kappa shape index (κ3) is 3.90. The molecule has 0 aromatic carbocycles. The zero-order chi connectivity index (χ0) is 11.7. The van der Waals surface area contributed by atoms with Gasteiger partial charge in [0.15, 0.2) is 0 Å². The van der Waals surface area contributed by atoms with Gasteiger partial charge >= 0.3 is 0 Å². The van der Waals surface area contributed by atoms with E-state index in [0.29, 0.717) is 0 Å². The quantitative estimate of drug-likeness (QED) is 0.702. The van der Waals surface area contributed by atoms with Crippen LogP contribution in [0.4, 0.5) is 0 Å². The predicted octanol–water partition coefficient (Wildman–Crippen LogP) is 3.56. The molecule has 2 heteroatoms. The highest BCUT2D eigenvalue weighted by atomic mass is 16.5. The van der Waals surface area contributed by atoms with Gasteiger partial charge in [-0.25, -0.2) is 0 Å². The molecular formula is C13H21NO. The molecule has 15 heavy (non-hydrogen) atoms. The van der Waals surface area contributed by atoms with Crippen LogP contribution in [0, 0.1) is 0 Å². The van der Waals surface area contributed by atoms with Crippen molar-refractivity contribution in [3.05, 3.63) is 24.0 Å². The smallest absolute Gasteiger partial charge is 0.123 e. The topological polar surface area (TPSA) is 22.1 Å². The highest BCUT2D eigenvalue weighted by Crippen LogP contribution is 2.25. The molecule has 0 unspecified atom stereocenters. The molecule has 0 saturated carbocycles. The highest BCUT2D eigenvalue weighted by molar-refractivity contribution is 5.26. The van der Waals surface area contributed by atoms with Crippen LogP contribution in [0.15, 0.2) is 18.3 Å². The zero-order valence-corrected chi connectivity index (χ0v) is 10.6. The number of hydrogen-bond donors (Lipinski definition) is 0. The fourth-order valence-corrected chi connectivity index (χ4v) is 1.24. The van der Waals surface area contributed by atoms with Crippen LogP contribution in [-0.4, -0.2) is 10.6 Å². The molecule has 0 amide bonds. The van der Waals surface area contributed by atoms with Gasteiger partial charge in [0.05, 0.1) is 0 Å². The number of pyridine rings is 1. The highest BCUT2D eigenvalue weighted by Gasteiger charge is 2.17. The minimum Gasteiger partial charge on any atom is -0.488 e. The van der Waals surface area contributed by atoms with E-state index >= 15 is 0 Å². The van der Waals surface area contributed by atoms with Crippen molar-refractivity contribution in [3.63, 3.8) is 0 Å². The predicted molar refractivity (Wildman–Crippen MR) is 63.3 cm³/mol. The Morgan fingerprint density at radius 2 is 1.67 bits per heavy atom. The summed E-state index contributed by atoms with van der Waals surface area (Å²) in [4.78, 5) is 4.36. The van der Waals surface area contributed by atoms with Crippen LogP contribution < -0.4 is 4.74 Å². The minimum absolute atomic E-state index is 0.0667. The lowest BCUT2D eigenvalue weighted by atomic mass is 9.91. The molecule has 1 aromatic heterocycles. The Labute approximate surface area is 92.7 Å². The van der Waals surface area contributed by atoms with E-state index in [9.17, 15) is 0 Å². The summed E-state index contributed by atoms with van der Waals surface area (Å²) >= 11 is 0. The summed E-state index contributed by atoms with van der Waals surface area (Å²) < 4.78 is 5.80. The first kappa shape index (κ1) is 12.0. The van der Waals surface area contributed by atoms with E-state index in [2.05, 4.69) is 25.8 Å². The van der Waals surface area contributed by atoms with Crippen molar-refractivity contribution in [1.29, 1.82) is 0 Å². The summed E-state index contributed by atoms with van der Waals surface area (Å²) in [6.07, 6.45) is 1.81. The molecule has 84 valence electrons. The lowest BCUT2D eigenvalue weighted by Crippen LogP contribution is -2.23. The van der Waals surface area contributed by atoms with Crippen LogP contribution in [0.5, 0.6) is 5.75 Å². The van der Waals surface area contributed by atoms with Crippen molar-refractivity contribution in [2.24, 2.45) is 0 Å². The number of hydrogen-bond acceptors (Lipinski definition) is 2. The molecule has 0 spiro atoms. The normalized spacial score (nSPS) is 12.7. The summed E-state index contributed by atoms with van der Waals surface area (Å²) in [5.74, 6) is 0.891. The van der Waals surface area contributed by atoms with Crippen LogP contribution in [0.2, 0.25) is 0 Å². The Morgan fingerprint density at radius 1 is 1.07 bits per heavy atom. The van der Waals surface area contributed by atoms with Gasteiger partial charge in [-0.05, 0) is 26.8 Å². The molecule has 0 fully saturated rings. The molecule has 0 aliphatic carbocycles.